The minimum absolute atomic E-state index is 0.0443. The van der Waals surface area contributed by atoms with E-state index in [-0.39, 0.29) is 11.3 Å². The average molecular weight is 559 g/mol. The van der Waals surface area contributed by atoms with E-state index in [1.807, 2.05) is 43.3 Å². The summed E-state index contributed by atoms with van der Waals surface area (Å²) in [6.07, 6.45) is 0. The third-order valence-corrected chi connectivity index (χ3v) is 7.52. The number of nitrogens with zero attached hydrogens (tertiary/aromatic N) is 2. The van der Waals surface area contributed by atoms with Crippen molar-refractivity contribution < 1.29 is 28.9 Å². The molecule has 8 nitrogen and oxygen atoms in total. The van der Waals surface area contributed by atoms with Crippen LogP contribution in [-0.2, 0) is 16.2 Å². The van der Waals surface area contributed by atoms with Crippen LogP contribution in [-0.4, -0.2) is 67.0 Å². The van der Waals surface area contributed by atoms with E-state index in [1.165, 1.54) is 7.11 Å². The number of benzene rings is 3. The third-order valence-electron chi connectivity index (χ3n) is 7.52. The smallest absolute Gasteiger partial charge is 0.295 e. The van der Waals surface area contributed by atoms with E-state index < -0.39 is 17.7 Å². The van der Waals surface area contributed by atoms with Crippen LogP contribution in [0.4, 0.5) is 0 Å². The van der Waals surface area contributed by atoms with Crippen LogP contribution in [0.3, 0.4) is 0 Å². The quantitative estimate of drug-likeness (QED) is 0.182. The first-order valence-corrected chi connectivity index (χ1v) is 13.8. The molecule has 1 atom stereocenters. The second-order valence-corrected chi connectivity index (χ2v) is 9.88. The minimum atomic E-state index is -0.793. The molecule has 1 aliphatic heterocycles. The first-order valence-electron chi connectivity index (χ1n) is 13.8. The van der Waals surface area contributed by atoms with Crippen LogP contribution in [0.25, 0.3) is 5.76 Å². The molecule has 1 saturated heterocycles. The molecular weight excluding hydrogens is 520 g/mol. The SMILES string of the molecule is CCN(CC)CCN1C(=O)C(=O)C(=C(O)c2ccc(OCc3ccccc3)cc2C)[C@H]1c1ccc(OC)c(OC)c1. The fraction of sp³-hybridized carbons (Fsp3) is 0.333. The number of methoxy groups -OCH3 is 2. The summed E-state index contributed by atoms with van der Waals surface area (Å²) < 4.78 is 16.9. The second kappa shape index (κ2) is 13.4. The predicted octanol–water partition coefficient (Wildman–Crippen LogP) is 5.35. The van der Waals surface area contributed by atoms with Gasteiger partial charge in [-0.3, -0.25) is 9.59 Å². The van der Waals surface area contributed by atoms with Crippen LogP contribution >= 0.6 is 0 Å². The Labute approximate surface area is 241 Å². The number of aliphatic hydroxyl groups is 1. The zero-order valence-corrected chi connectivity index (χ0v) is 24.3. The monoisotopic (exact) mass is 558 g/mol. The molecule has 3 aromatic carbocycles. The molecule has 4 rings (SSSR count). The molecule has 1 fully saturated rings. The van der Waals surface area contributed by atoms with Crippen molar-refractivity contribution in [2.45, 2.75) is 33.4 Å². The summed E-state index contributed by atoms with van der Waals surface area (Å²) in [7, 11) is 3.08. The molecule has 1 N–H and O–H groups in total. The Morgan fingerprint density at radius 1 is 0.927 bits per heavy atom. The summed E-state index contributed by atoms with van der Waals surface area (Å²) in [5, 5.41) is 11.6. The molecule has 41 heavy (non-hydrogen) atoms. The van der Waals surface area contributed by atoms with Gasteiger partial charge < -0.3 is 29.1 Å². The van der Waals surface area contributed by atoms with E-state index in [0.29, 0.717) is 53.6 Å². The van der Waals surface area contributed by atoms with Gasteiger partial charge in [-0.1, -0.05) is 50.2 Å². The van der Waals surface area contributed by atoms with Crippen LogP contribution in [0.5, 0.6) is 17.2 Å². The molecule has 8 heteroatoms. The highest BCUT2D eigenvalue weighted by Gasteiger charge is 2.46. The third kappa shape index (κ3) is 6.38. The maximum atomic E-state index is 13.5. The Bertz CT molecular complexity index is 1410. The van der Waals surface area contributed by atoms with Crippen molar-refractivity contribution in [3.63, 3.8) is 0 Å². The fourth-order valence-corrected chi connectivity index (χ4v) is 5.15. The summed E-state index contributed by atoms with van der Waals surface area (Å²) in [6, 6.07) is 19.6. The van der Waals surface area contributed by atoms with Crippen molar-refractivity contribution >= 4 is 17.4 Å². The first-order chi connectivity index (χ1) is 19.8. The van der Waals surface area contributed by atoms with Crippen LogP contribution < -0.4 is 14.2 Å². The molecule has 3 aromatic rings. The van der Waals surface area contributed by atoms with Crippen molar-refractivity contribution in [1.29, 1.82) is 0 Å². The van der Waals surface area contributed by atoms with Gasteiger partial charge in [0.15, 0.2) is 11.5 Å². The Balaban J connectivity index is 1.74. The lowest BCUT2D eigenvalue weighted by atomic mass is 9.93. The molecule has 1 aliphatic rings. The second-order valence-electron chi connectivity index (χ2n) is 9.88. The molecule has 0 aliphatic carbocycles. The van der Waals surface area contributed by atoms with Crippen molar-refractivity contribution in [2.24, 2.45) is 0 Å². The molecule has 0 saturated carbocycles. The van der Waals surface area contributed by atoms with E-state index in [1.54, 1.807) is 42.3 Å². The van der Waals surface area contributed by atoms with Gasteiger partial charge in [-0.25, -0.2) is 0 Å². The molecular formula is C33H38N2O6. The lowest BCUT2D eigenvalue weighted by molar-refractivity contribution is -0.140. The van der Waals surface area contributed by atoms with Gasteiger partial charge in [0, 0.05) is 18.7 Å². The van der Waals surface area contributed by atoms with E-state index in [2.05, 4.69) is 18.7 Å². The summed E-state index contributed by atoms with van der Waals surface area (Å²) in [4.78, 5) is 30.6. The highest BCUT2D eigenvalue weighted by Crippen LogP contribution is 2.42. The van der Waals surface area contributed by atoms with Crippen molar-refractivity contribution in [3.8, 4) is 17.2 Å². The largest absolute Gasteiger partial charge is 0.507 e. The normalized spacial score (nSPS) is 16.3. The lowest BCUT2D eigenvalue weighted by Crippen LogP contribution is -2.38. The maximum absolute atomic E-state index is 13.5. The Kier molecular flexibility index (Phi) is 9.68. The van der Waals surface area contributed by atoms with Gasteiger partial charge >= 0.3 is 0 Å². The number of ketones is 1. The number of amides is 1. The van der Waals surface area contributed by atoms with Gasteiger partial charge in [-0.05, 0) is 67.0 Å². The predicted molar refractivity (Wildman–Crippen MR) is 158 cm³/mol. The van der Waals surface area contributed by atoms with Crippen LogP contribution in [0.1, 0.15) is 42.1 Å². The van der Waals surface area contributed by atoms with Crippen molar-refractivity contribution in [3.05, 3.63) is 94.6 Å². The number of ether oxygens (including phenoxy) is 3. The minimum Gasteiger partial charge on any atom is -0.507 e. The molecule has 0 radical (unpaired) electrons. The molecule has 216 valence electrons. The number of carbonyl (C=O) groups is 2. The van der Waals surface area contributed by atoms with Gasteiger partial charge in [0.05, 0.1) is 25.8 Å². The topological polar surface area (TPSA) is 88.5 Å². The van der Waals surface area contributed by atoms with Crippen LogP contribution in [0.2, 0.25) is 0 Å². The highest BCUT2D eigenvalue weighted by atomic mass is 16.5. The molecule has 1 amide bonds. The summed E-state index contributed by atoms with van der Waals surface area (Å²) >= 11 is 0. The van der Waals surface area contributed by atoms with Gasteiger partial charge in [0.2, 0.25) is 0 Å². The number of aliphatic hydroxyl groups excluding tert-OH is 1. The fourth-order valence-electron chi connectivity index (χ4n) is 5.15. The van der Waals surface area contributed by atoms with Gasteiger partial charge in [0.25, 0.3) is 11.7 Å². The van der Waals surface area contributed by atoms with Gasteiger partial charge in [-0.15, -0.1) is 0 Å². The summed E-state index contributed by atoms with van der Waals surface area (Å²) in [6.45, 7) is 8.91. The number of likely N-dealkylation sites (N-methyl/N-ethyl adjacent to an activating group) is 1. The van der Waals surface area contributed by atoms with Gasteiger partial charge in [0.1, 0.15) is 18.1 Å². The molecule has 0 aromatic heterocycles. The van der Waals surface area contributed by atoms with Gasteiger partial charge in [-0.2, -0.15) is 0 Å². The van der Waals surface area contributed by atoms with E-state index >= 15 is 0 Å². The van der Waals surface area contributed by atoms with Crippen molar-refractivity contribution in [1.82, 2.24) is 9.80 Å². The molecule has 1 heterocycles. The maximum Gasteiger partial charge on any atom is 0.295 e. The van der Waals surface area contributed by atoms with E-state index in [0.717, 1.165) is 18.7 Å². The van der Waals surface area contributed by atoms with E-state index in [4.69, 9.17) is 14.2 Å². The highest BCUT2D eigenvalue weighted by molar-refractivity contribution is 6.46. The number of carbonyl (C=O) groups excluding carboxylic acids is 2. The average Bonchev–Trinajstić information content (AvgIpc) is 3.25. The van der Waals surface area contributed by atoms with Crippen LogP contribution in [0, 0.1) is 6.92 Å². The zero-order valence-electron chi connectivity index (χ0n) is 24.3. The lowest BCUT2D eigenvalue weighted by Gasteiger charge is -2.28. The number of hydrogen-bond donors (Lipinski definition) is 1. The van der Waals surface area contributed by atoms with E-state index in [9.17, 15) is 14.7 Å². The number of hydrogen-bond acceptors (Lipinski definition) is 7. The number of aryl methyl sites for hydroxylation is 1. The summed E-state index contributed by atoms with van der Waals surface area (Å²) in [5.41, 5.74) is 2.90. The Morgan fingerprint density at radius 2 is 1.63 bits per heavy atom. The molecule has 0 spiro atoms. The standard InChI is InChI=1S/C33H38N2O6/c1-6-34(7-2)17-18-35-30(24-13-16-27(39-4)28(20-24)40-5)29(32(37)33(35)38)31(36)26-15-14-25(19-22(26)3)41-21-23-11-9-8-10-12-23/h8-16,19-20,30,36H,6-7,17-18,21H2,1-5H3/t30-/m1/s1. The number of rotatable bonds is 12. The zero-order chi connectivity index (χ0) is 29.5. The molecule has 0 unspecified atom stereocenters. The first kappa shape index (κ1) is 29.7. The Morgan fingerprint density at radius 3 is 2.27 bits per heavy atom. The van der Waals surface area contributed by atoms with Crippen molar-refractivity contribution in [2.75, 3.05) is 40.4 Å². The Hall–Kier alpha value is -4.30. The number of likely N-dealkylation sites (tertiary alicyclic amines) is 1. The summed E-state index contributed by atoms with van der Waals surface area (Å²) in [5.74, 6) is 0.0536. The van der Waals surface area contributed by atoms with Crippen LogP contribution in [0.15, 0.2) is 72.3 Å². The molecule has 0 bridgehead atoms. The number of Topliss-reactive ketones (excluding diaryl/α,β-unsaturated/α-hetero) is 1.